The summed E-state index contributed by atoms with van der Waals surface area (Å²) in [4.78, 5) is 16.9. The van der Waals surface area contributed by atoms with Crippen LogP contribution in [0.2, 0.25) is 0 Å². The third-order valence-electron chi connectivity index (χ3n) is 3.99. The molecule has 3 aromatic rings. The molecule has 7 heteroatoms. The molecule has 4 nitrogen and oxygen atoms in total. The second-order valence-corrected chi connectivity index (χ2v) is 8.19. The molecule has 1 heterocycles. The Morgan fingerprint density at radius 3 is 2.58 bits per heavy atom. The minimum Gasteiger partial charge on any atom is -0.319 e. The predicted molar refractivity (Wildman–Crippen MR) is 105 cm³/mol. The number of rotatable bonds is 5. The Morgan fingerprint density at radius 1 is 1.08 bits per heavy atom. The third-order valence-corrected chi connectivity index (χ3v) is 4.69. The predicted octanol–water partition coefficient (Wildman–Crippen LogP) is 3.42. The second-order valence-electron chi connectivity index (χ2n) is 5.82. The first kappa shape index (κ1) is 18.9. The van der Waals surface area contributed by atoms with Crippen LogP contribution in [0, 0.1) is 0 Å². The van der Waals surface area contributed by atoms with Crippen LogP contribution in [0.1, 0.15) is 15.9 Å². The quantitative estimate of drug-likeness (QED) is 0.501. The van der Waals surface area contributed by atoms with E-state index >= 15 is 0 Å². The number of aromatic nitrogens is 1. The Bertz CT molecular complexity index is 892. The molecule has 0 spiro atoms. The van der Waals surface area contributed by atoms with E-state index in [1.54, 1.807) is 23.8 Å². The number of hydrogen-bond acceptors (Lipinski definition) is 2. The van der Waals surface area contributed by atoms with Crippen molar-refractivity contribution < 1.29 is 10.1 Å². The highest BCUT2D eigenvalue weighted by atomic mass is 35.6. The molecular weight excluding hydrogens is 393 g/mol. The molecule has 0 saturated heterocycles. The summed E-state index contributed by atoms with van der Waals surface area (Å²) in [5, 5.41) is 6.42. The zero-order valence-electron chi connectivity index (χ0n) is 13.7. The number of quaternary nitrogens is 1. The molecule has 0 bridgehead atoms. The zero-order chi connectivity index (χ0) is 18.6. The van der Waals surface area contributed by atoms with E-state index < -0.39 is 9.96 Å². The summed E-state index contributed by atoms with van der Waals surface area (Å²) >= 11 is 18.3. The SMILES string of the molecule is O=C(N[C@H]([NH2+]Cc1cccnc1)C(Cl)(Cl)Cl)c1cccc2ccccc12. The standard InChI is InChI=1S/C19H16Cl3N3O/c20-19(21,22)18(24-12-13-5-4-10-23-11-13)25-17(26)16-9-3-7-14-6-1-2-8-15(14)16/h1-11,18,24H,12H2,(H,25,26)/p+1/t18-/m0/s1. The Kier molecular flexibility index (Phi) is 5.99. The summed E-state index contributed by atoms with van der Waals surface area (Å²) in [6.45, 7) is 0.516. The molecule has 0 fully saturated rings. The van der Waals surface area contributed by atoms with Gasteiger partial charge in [-0.2, -0.15) is 0 Å². The van der Waals surface area contributed by atoms with Crippen molar-refractivity contribution in [3.8, 4) is 0 Å². The van der Waals surface area contributed by atoms with Crippen LogP contribution in [0.15, 0.2) is 67.0 Å². The molecule has 3 N–H and O–H groups in total. The van der Waals surface area contributed by atoms with Gasteiger partial charge in [-0.15, -0.1) is 0 Å². The lowest BCUT2D eigenvalue weighted by Gasteiger charge is -2.23. The average Bonchev–Trinajstić information content (AvgIpc) is 2.64. The molecule has 3 rings (SSSR count). The van der Waals surface area contributed by atoms with Gasteiger partial charge in [0.1, 0.15) is 6.54 Å². The summed E-state index contributed by atoms with van der Waals surface area (Å²) in [7, 11) is 0. The van der Waals surface area contributed by atoms with Gasteiger partial charge in [0, 0.05) is 23.5 Å². The van der Waals surface area contributed by atoms with Crippen LogP contribution in [0.25, 0.3) is 10.8 Å². The van der Waals surface area contributed by atoms with Crippen molar-refractivity contribution in [2.75, 3.05) is 0 Å². The first-order valence-corrected chi connectivity index (χ1v) is 9.16. The fourth-order valence-electron chi connectivity index (χ4n) is 2.69. The van der Waals surface area contributed by atoms with Gasteiger partial charge in [0.2, 0.25) is 6.17 Å². The van der Waals surface area contributed by atoms with E-state index in [1.165, 1.54) is 0 Å². The van der Waals surface area contributed by atoms with Gasteiger partial charge >= 0.3 is 0 Å². The number of carbonyl (C=O) groups excluding carboxylic acids is 1. The molecule has 2 aromatic carbocycles. The van der Waals surface area contributed by atoms with Crippen LogP contribution in [0.5, 0.6) is 0 Å². The highest BCUT2D eigenvalue weighted by molar-refractivity contribution is 6.68. The fraction of sp³-hybridized carbons (Fsp3) is 0.158. The molecule has 0 aliphatic carbocycles. The van der Waals surface area contributed by atoms with Crippen LogP contribution < -0.4 is 10.6 Å². The number of pyridine rings is 1. The van der Waals surface area contributed by atoms with Crippen LogP contribution >= 0.6 is 34.8 Å². The summed E-state index contributed by atoms with van der Waals surface area (Å²) in [5.41, 5.74) is 1.50. The number of carbonyl (C=O) groups is 1. The zero-order valence-corrected chi connectivity index (χ0v) is 16.0. The van der Waals surface area contributed by atoms with Crippen LogP contribution in [-0.4, -0.2) is 20.8 Å². The number of amides is 1. The van der Waals surface area contributed by atoms with Crippen molar-refractivity contribution in [1.82, 2.24) is 10.3 Å². The molecule has 0 radical (unpaired) electrons. The van der Waals surface area contributed by atoms with Crippen molar-refractivity contribution in [2.24, 2.45) is 0 Å². The average molecular weight is 410 g/mol. The van der Waals surface area contributed by atoms with Crippen LogP contribution in [0.3, 0.4) is 0 Å². The lowest BCUT2D eigenvalue weighted by atomic mass is 10.0. The molecular formula is C19H17Cl3N3O+. The third kappa shape index (κ3) is 4.65. The van der Waals surface area contributed by atoms with E-state index in [9.17, 15) is 4.79 Å². The maximum Gasteiger partial charge on any atom is 0.262 e. The van der Waals surface area contributed by atoms with Gasteiger partial charge in [-0.1, -0.05) is 77.3 Å². The van der Waals surface area contributed by atoms with Gasteiger partial charge < -0.3 is 5.32 Å². The Balaban J connectivity index is 1.79. The number of nitrogens with zero attached hydrogens (tertiary/aromatic N) is 1. The molecule has 1 amide bonds. The number of halogens is 3. The Morgan fingerprint density at radius 2 is 1.85 bits per heavy atom. The normalized spacial score (nSPS) is 12.7. The highest BCUT2D eigenvalue weighted by Gasteiger charge is 2.37. The molecule has 0 saturated carbocycles. The number of nitrogens with one attached hydrogen (secondary N) is 1. The number of fused-ring (bicyclic) bond motifs is 1. The van der Waals surface area contributed by atoms with Gasteiger partial charge in [0.15, 0.2) is 0 Å². The minimum atomic E-state index is -1.66. The fourth-order valence-corrected chi connectivity index (χ4v) is 3.12. The van der Waals surface area contributed by atoms with Crippen molar-refractivity contribution in [1.29, 1.82) is 0 Å². The molecule has 134 valence electrons. The first-order valence-electron chi connectivity index (χ1n) is 8.03. The van der Waals surface area contributed by atoms with E-state index in [4.69, 9.17) is 34.8 Å². The van der Waals surface area contributed by atoms with E-state index in [0.717, 1.165) is 16.3 Å². The molecule has 26 heavy (non-hydrogen) atoms. The van der Waals surface area contributed by atoms with Gasteiger partial charge in [-0.25, -0.2) is 0 Å². The van der Waals surface area contributed by atoms with E-state index in [1.807, 2.05) is 48.5 Å². The lowest BCUT2D eigenvalue weighted by Crippen LogP contribution is -2.95. The summed E-state index contributed by atoms with van der Waals surface area (Å²) in [5.74, 6) is -0.291. The number of nitrogens with two attached hydrogens (primary N) is 1. The largest absolute Gasteiger partial charge is 0.319 e. The smallest absolute Gasteiger partial charge is 0.262 e. The van der Waals surface area contributed by atoms with Gasteiger partial charge in [-0.05, 0) is 22.9 Å². The molecule has 0 aliphatic rings. The van der Waals surface area contributed by atoms with Gasteiger partial charge in [0.05, 0.1) is 0 Å². The van der Waals surface area contributed by atoms with Crippen LogP contribution in [-0.2, 0) is 6.54 Å². The van der Waals surface area contributed by atoms with Crippen molar-refractivity contribution >= 4 is 51.5 Å². The van der Waals surface area contributed by atoms with Gasteiger partial charge in [0.25, 0.3) is 9.70 Å². The number of benzene rings is 2. The summed E-state index contributed by atoms with van der Waals surface area (Å²) < 4.78 is -1.66. The van der Waals surface area contributed by atoms with Crippen molar-refractivity contribution in [2.45, 2.75) is 16.5 Å². The summed E-state index contributed by atoms with van der Waals surface area (Å²) in [6.07, 6.45) is 2.68. The summed E-state index contributed by atoms with van der Waals surface area (Å²) in [6, 6.07) is 17.0. The van der Waals surface area contributed by atoms with E-state index in [-0.39, 0.29) is 5.91 Å². The van der Waals surface area contributed by atoms with Crippen molar-refractivity contribution in [3.63, 3.8) is 0 Å². The molecule has 1 atom stereocenters. The molecule has 0 unspecified atom stereocenters. The Hall–Kier alpha value is -1.85. The molecule has 1 aromatic heterocycles. The molecule has 0 aliphatic heterocycles. The minimum absolute atomic E-state index is 0.291. The first-order chi connectivity index (χ1) is 12.4. The number of alkyl halides is 3. The second kappa shape index (κ2) is 8.23. The van der Waals surface area contributed by atoms with Crippen molar-refractivity contribution in [3.05, 3.63) is 78.1 Å². The topological polar surface area (TPSA) is 58.6 Å². The van der Waals surface area contributed by atoms with Gasteiger partial charge in [-0.3, -0.25) is 15.1 Å². The Labute approximate surface area is 166 Å². The lowest BCUT2D eigenvalue weighted by molar-refractivity contribution is -0.706. The highest BCUT2D eigenvalue weighted by Crippen LogP contribution is 2.28. The maximum absolute atomic E-state index is 12.8. The van der Waals surface area contributed by atoms with Crippen LogP contribution in [0.4, 0.5) is 0 Å². The number of hydrogen-bond donors (Lipinski definition) is 2. The maximum atomic E-state index is 12.8. The van der Waals surface area contributed by atoms with E-state index in [0.29, 0.717) is 12.1 Å². The monoisotopic (exact) mass is 408 g/mol. The van der Waals surface area contributed by atoms with E-state index in [2.05, 4.69) is 10.3 Å².